The molecule has 33 heavy (non-hydrogen) atoms. The van der Waals surface area contributed by atoms with Crippen molar-refractivity contribution in [3.63, 3.8) is 0 Å². The van der Waals surface area contributed by atoms with Crippen LogP contribution in [-0.4, -0.2) is 19.3 Å². The van der Waals surface area contributed by atoms with Crippen LogP contribution in [0.4, 0.5) is 10.1 Å². The minimum Gasteiger partial charge on any atom is -0.321 e. The summed E-state index contributed by atoms with van der Waals surface area (Å²) >= 11 is 1.21. The molecule has 0 unspecified atom stereocenters. The summed E-state index contributed by atoms with van der Waals surface area (Å²) in [7, 11) is -3.69. The number of benzene rings is 3. The number of thiazole rings is 1. The van der Waals surface area contributed by atoms with Crippen LogP contribution in [0.25, 0.3) is 10.6 Å². The lowest BCUT2D eigenvalue weighted by atomic mass is 10.2. The van der Waals surface area contributed by atoms with Gasteiger partial charge in [0.25, 0.3) is 5.91 Å². The number of carbonyl (C=O) groups is 1. The third kappa shape index (κ3) is 5.51. The van der Waals surface area contributed by atoms with Gasteiger partial charge in [0.2, 0.25) is 10.0 Å². The van der Waals surface area contributed by atoms with Gasteiger partial charge in [0, 0.05) is 17.8 Å². The fraction of sp³-hybridized carbons (Fsp3) is 0.0833. The maximum Gasteiger partial charge on any atom is 0.267 e. The van der Waals surface area contributed by atoms with E-state index in [0.29, 0.717) is 21.3 Å². The minimum absolute atomic E-state index is 0.101. The van der Waals surface area contributed by atoms with Crippen molar-refractivity contribution in [2.24, 2.45) is 0 Å². The molecule has 0 atom stereocenters. The lowest BCUT2D eigenvalue weighted by Crippen LogP contribution is -2.23. The average molecular weight is 482 g/mol. The van der Waals surface area contributed by atoms with Crippen molar-refractivity contribution in [3.05, 3.63) is 101 Å². The third-order valence-corrected chi connectivity index (χ3v) is 7.45. The monoisotopic (exact) mass is 481 g/mol. The predicted octanol–water partition coefficient (Wildman–Crippen LogP) is 4.99. The Morgan fingerprint density at radius 2 is 1.64 bits per heavy atom. The molecule has 0 spiro atoms. The van der Waals surface area contributed by atoms with E-state index in [1.165, 1.54) is 47.7 Å². The summed E-state index contributed by atoms with van der Waals surface area (Å²) in [5.74, 6) is -0.693. The minimum atomic E-state index is -3.69. The number of sulfonamides is 1. The first-order valence-electron chi connectivity index (χ1n) is 10.0. The van der Waals surface area contributed by atoms with E-state index in [9.17, 15) is 17.6 Å². The Kier molecular flexibility index (Phi) is 6.64. The number of aromatic nitrogens is 1. The third-order valence-electron chi connectivity index (χ3n) is 4.83. The molecule has 0 fully saturated rings. The molecule has 6 nitrogen and oxygen atoms in total. The van der Waals surface area contributed by atoms with Crippen LogP contribution in [0.5, 0.6) is 0 Å². The number of rotatable bonds is 7. The van der Waals surface area contributed by atoms with Gasteiger partial charge in [0.15, 0.2) is 0 Å². The fourth-order valence-corrected chi connectivity index (χ4v) is 5.07. The molecular formula is C24H20FN3O3S2. The highest BCUT2D eigenvalue weighted by atomic mass is 32.2. The van der Waals surface area contributed by atoms with Gasteiger partial charge in [-0.2, -0.15) is 0 Å². The Hall–Kier alpha value is -3.40. The molecule has 1 aromatic heterocycles. The molecule has 4 rings (SSSR count). The molecule has 0 saturated carbocycles. The zero-order valence-electron chi connectivity index (χ0n) is 17.6. The van der Waals surface area contributed by atoms with Crippen molar-refractivity contribution in [2.45, 2.75) is 18.4 Å². The molecule has 9 heteroatoms. The lowest BCUT2D eigenvalue weighted by Gasteiger charge is -2.08. The molecule has 168 valence electrons. The van der Waals surface area contributed by atoms with Crippen molar-refractivity contribution in [3.8, 4) is 10.6 Å². The second kappa shape index (κ2) is 9.62. The normalized spacial score (nSPS) is 11.3. The van der Waals surface area contributed by atoms with E-state index in [1.54, 1.807) is 19.1 Å². The molecular weight excluding hydrogens is 461 g/mol. The Bertz CT molecular complexity index is 1370. The van der Waals surface area contributed by atoms with Crippen LogP contribution in [-0.2, 0) is 16.6 Å². The van der Waals surface area contributed by atoms with Crippen LogP contribution >= 0.6 is 11.3 Å². The molecule has 2 N–H and O–H groups in total. The molecule has 0 aliphatic carbocycles. The molecule has 1 amide bonds. The summed E-state index contributed by atoms with van der Waals surface area (Å²) in [5.41, 5.74) is 2.59. The van der Waals surface area contributed by atoms with Crippen molar-refractivity contribution >= 4 is 33.0 Å². The number of halogens is 1. The second-order valence-electron chi connectivity index (χ2n) is 7.23. The number of hydrogen-bond acceptors (Lipinski definition) is 5. The van der Waals surface area contributed by atoms with Gasteiger partial charge in [-0.1, -0.05) is 30.3 Å². The highest BCUT2D eigenvalue weighted by molar-refractivity contribution is 7.89. The number of nitrogens with zero attached hydrogens (tertiary/aromatic N) is 1. The zero-order chi connectivity index (χ0) is 23.4. The Labute approximate surface area is 195 Å². The number of nitrogens with one attached hydrogen (secondary N) is 2. The number of aryl methyl sites for hydroxylation is 1. The number of carbonyl (C=O) groups excluding carboxylic acids is 1. The van der Waals surface area contributed by atoms with Crippen LogP contribution in [0.15, 0.2) is 83.8 Å². The topological polar surface area (TPSA) is 88.2 Å². The highest BCUT2D eigenvalue weighted by Gasteiger charge is 2.18. The van der Waals surface area contributed by atoms with E-state index in [1.807, 2.05) is 30.3 Å². The first kappa shape index (κ1) is 22.8. The average Bonchev–Trinajstić information content (AvgIpc) is 3.21. The van der Waals surface area contributed by atoms with E-state index in [0.717, 1.165) is 11.1 Å². The van der Waals surface area contributed by atoms with E-state index in [-0.39, 0.29) is 23.2 Å². The Morgan fingerprint density at radius 1 is 0.970 bits per heavy atom. The van der Waals surface area contributed by atoms with Crippen LogP contribution in [0.1, 0.15) is 20.9 Å². The standard InChI is InChI=1S/C24H20FN3O3S2/c1-16-22(32-24(27-16)18-7-9-19(25)10-8-18)23(29)28-20-11-13-21(14-12-20)33(30,31)26-15-17-5-3-2-4-6-17/h2-14,26H,15H2,1H3,(H,28,29). The van der Waals surface area contributed by atoms with Gasteiger partial charge in [-0.3, -0.25) is 4.79 Å². The fourth-order valence-electron chi connectivity index (χ4n) is 3.09. The van der Waals surface area contributed by atoms with Crippen molar-refractivity contribution in [1.82, 2.24) is 9.71 Å². The number of hydrogen-bond donors (Lipinski definition) is 2. The van der Waals surface area contributed by atoms with Gasteiger partial charge in [0.05, 0.1) is 10.6 Å². The molecule has 0 aliphatic rings. The van der Waals surface area contributed by atoms with E-state index < -0.39 is 10.0 Å². The summed E-state index contributed by atoms with van der Waals surface area (Å²) in [6, 6.07) is 21.1. The zero-order valence-corrected chi connectivity index (χ0v) is 19.2. The van der Waals surface area contributed by atoms with E-state index >= 15 is 0 Å². The molecule has 0 saturated heterocycles. The van der Waals surface area contributed by atoms with Gasteiger partial charge < -0.3 is 5.32 Å². The van der Waals surface area contributed by atoms with Gasteiger partial charge in [0.1, 0.15) is 15.7 Å². The Morgan fingerprint density at radius 3 is 2.30 bits per heavy atom. The first-order valence-corrected chi connectivity index (χ1v) is 12.3. The summed E-state index contributed by atoms with van der Waals surface area (Å²) < 4.78 is 40.8. The molecule has 0 bridgehead atoms. The Balaban J connectivity index is 1.43. The van der Waals surface area contributed by atoms with Crippen LogP contribution in [0.3, 0.4) is 0 Å². The van der Waals surface area contributed by atoms with Crippen LogP contribution in [0.2, 0.25) is 0 Å². The SMILES string of the molecule is Cc1nc(-c2ccc(F)cc2)sc1C(=O)Nc1ccc(S(=O)(=O)NCc2ccccc2)cc1. The maximum absolute atomic E-state index is 13.2. The van der Waals surface area contributed by atoms with Crippen molar-refractivity contribution < 1.29 is 17.6 Å². The number of amides is 1. The molecule has 1 heterocycles. The largest absolute Gasteiger partial charge is 0.321 e. The van der Waals surface area contributed by atoms with Crippen LogP contribution < -0.4 is 10.0 Å². The van der Waals surface area contributed by atoms with Gasteiger partial charge in [-0.25, -0.2) is 22.5 Å². The summed E-state index contributed by atoms with van der Waals surface area (Å²) in [4.78, 5) is 17.7. The smallest absolute Gasteiger partial charge is 0.267 e. The molecule has 3 aromatic carbocycles. The molecule has 0 aliphatic heterocycles. The first-order chi connectivity index (χ1) is 15.8. The van der Waals surface area contributed by atoms with Gasteiger partial charge >= 0.3 is 0 Å². The predicted molar refractivity (Wildman–Crippen MR) is 127 cm³/mol. The lowest BCUT2D eigenvalue weighted by molar-refractivity contribution is 0.103. The molecule has 0 radical (unpaired) electrons. The summed E-state index contributed by atoms with van der Waals surface area (Å²) in [5, 5.41) is 3.38. The molecule has 4 aromatic rings. The summed E-state index contributed by atoms with van der Waals surface area (Å²) in [6.45, 7) is 1.91. The van der Waals surface area contributed by atoms with E-state index in [4.69, 9.17) is 0 Å². The quantitative estimate of drug-likeness (QED) is 0.389. The van der Waals surface area contributed by atoms with Crippen LogP contribution in [0, 0.1) is 12.7 Å². The van der Waals surface area contributed by atoms with Crippen molar-refractivity contribution in [2.75, 3.05) is 5.32 Å². The highest BCUT2D eigenvalue weighted by Crippen LogP contribution is 2.29. The maximum atomic E-state index is 13.2. The summed E-state index contributed by atoms with van der Waals surface area (Å²) in [6.07, 6.45) is 0. The second-order valence-corrected chi connectivity index (χ2v) is 10.00. The van der Waals surface area contributed by atoms with Gasteiger partial charge in [-0.15, -0.1) is 11.3 Å². The van der Waals surface area contributed by atoms with E-state index in [2.05, 4.69) is 15.0 Å². The number of anilines is 1. The van der Waals surface area contributed by atoms with Crippen molar-refractivity contribution in [1.29, 1.82) is 0 Å². The van der Waals surface area contributed by atoms with Gasteiger partial charge in [-0.05, 0) is 61.0 Å².